The van der Waals surface area contributed by atoms with Gasteiger partial charge < -0.3 is 10.6 Å². The number of rotatable bonds is 6. The molecule has 1 atom stereocenters. The predicted molar refractivity (Wildman–Crippen MR) is 87.7 cm³/mol. The van der Waals surface area contributed by atoms with Crippen molar-refractivity contribution in [2.45, 2.75) is 27.2 Å². The number of anilines is 1. The number of carbonyl (C=O) groups excluding carboxylic acids is 1. The molecule has 4 heteroatoms. The van der Waals surface area contributed by atoms with Crippen LogP contribution in [0, 0.1) is 5.92 Å². The summed E-state index contributed by atoms with van der Waals surface area (Å²) in [7, 11) is 0. The highest BCUT2D eigenvalue weighted by molar-refractivity contribution is 6.06. The highest BCUT2D eigenvalue weighted by atomic mass is 16.1. The Balaban J connectivity index is 2.34. The smallest absolute Gasteiger partial charge is 0.252 e. The molecule has 4 nitrogen and oxygen atoms in total. The van der Waals surface area contributed by atoms with Gasteiger partial charge in [-0.25, -0.2) is 4.98 Å². The number of hydrogen-bond donors (Lipinski definition) is 2. The molecule has 1 amide bonds. The van der Waals surface area contributed by atoms with Gasteiger partial charge in [0, 0.05) is 18.5 Å². The van der Waals surface area contributed by atoms with E-state index in [-0.39, 0.29) is 5.91 Å². The molecule has 2 aromatic rings. The van der Waals surface area contributed by atoms with Crippen LogP contribution in [0.2, 0.25) is 0 Å². The van der Waals surface area contributed by atoms with Crippen molar-refractivity contribution >= 4 is 22.6 Å². The molecule has 0 radical (unpaired) electrons. The maximum atomic E-state index is 12.5. The molecule has 2 N–H and O–H groups in total. The largest absolute Gasteiger partial charge is 0.370 e. The number of carbonyl (C=O) groups is 1. The zero-order valence-electron chi connectivity index (χ0n) is 12.9. The van der Waals surface area contributed by atoms with Crippen LogP contribution in [-0.2, 0) is 0 Å². The van der Waals surface area contributed by atoms with E-state index in [1.165, 1.54) is 0 Å². The Morgan fingerprint density at radius 1 is 1.29 bits per heavy atom. The van der Waals surface area contributed by atoms with E-state index >= 15 is 0 Å². The van der Waals surface area contributed by atoms with Gasteiger partial charge in [-0.3, -0.25) is 4.79 Å². The second-order valence-corrected chi connectivity index (χ2v) is 5.33. The van der Waals surface area contributed by atoms with Crippen LogP contribution in [0.4, 0.5) is 5.82 Å². The predicted octanol–water partition coefficient (Wildman–Crippen LogP) is 3.44. The normalized spacial score (nSPS) is 12.1. The summed E-state index contributed by atoms with van der Waals surface area (Å²) < 4.78 is 0. The highest BCUT2D eigenvalue weighted by Gasteiger charge is 2.13. The third-order valence-corrected chi connectivity index (χ3v) is 3.63. The average Bonchev–Trinajstić information content (AvgIpc) is 2.51. The Bertz CT molecular complexity index is 624. The third-order valence-electron chi connectivity index (χ3n) is 3.63. The second-order valence-electron chi connectivity index (χ2n) is 5.33. The Hall–Kier alpha value is -2.10. The molecule has 112 valence electrons. The summed E-state index contributed by atoms with van der Waals surface area (Å²) in [6.07, 6.45) is 1.06. The molecule has 1 aromatic carbocycles. The Labute approximate surface area is 126 Å². The fraction of sp³-hybridized carbons (Fsp3) is 0.412. The topological polar surface area (TPSA) is 54.0 Å². The number of nitrogens with one attached hydrogen (secondary N) is 2. The molecule has 0 saturated heterocycles. The summed E-state index contributed by atoms with van der Waals surface area (Å²) in [5.41, 5.74) is 1.52. The Kier molecular flexibility index (Phi) is 5.14. The molecule has 1 aromatic heterocycles. The first-order valence-electron chi connectivity index (χ1n) is 7.57. The van der Waals surface area contributed by atoms with Crippen molar-refractivity contribution in [2.24, 2.45) is 5.92 Å². The van der Waals surface area contributed by atoms with Crippen molar-refractivity contribution < 1.29 is 4.79 Å². The van der Waals surface area contributed by atoms with E-state index < -0.39 is 0 Å². The molecule has 0 aliphatic carbocycles. The van der Waals surface area contributed by atoms with Gasteiger partial charge in [-0.05, 0) is 25.0 Å². The van der Waals surface area contributed by atoms with E-state index in [1.807, 2.05) is 37.3 Å². The highest BCUT2D eigenvalue weighted by Crippen LogP contribution is 2.20. The van der Waals surface area contributed by atoms with Crippen LogP contribution in [0.15, 0.2) is 30.3 Å². The van der Waals surface area contributed by atoms with Gasteiger partial charge in [-0.1, -0.05) is 38.5 Å². The first-order chi connectivity index (χ1) is 10.2. The lowest BCUT2D eigenvalue weighted by molar-refractivity contribution is 0.0949. The van der Waals surface area contributed by atoms with E-state index in [1.54, 1.807) is 0 Å². The first-order valence-corrected chi connectivity index (χ1v) is 7.57. The van der Waals surface area contributed by atoms with E-state index in [4.69, 9.17) is 0 Å². The van der Waals surface area contributed by atoms with E-state index in [0.29, 0.717) is 18.0 Å². The zero-order valence-corrected chi connectivity index (χ0v) is 12.9. The number of nitrogens with zero attached hydrogens (tertiary/aromatic N) is 1. The maximum absolute atomic E-state index is 12.5. The monoisotopic (exact) mass is 285 g/mol. The molecule has 1 heterocycles. The van der Waals surface area contributed by atoms with Crippen molar-refractivity contribution in [2.75, 3.05) is 18.4 Å². The van der Waals surface area contributed by atoms with Crippen LogP contribution in [0.1, 0.15) is 37.6 Å². The zero-order chi connectivity index (χ0) is 15.2. The maximum Gasteiger partial charge on any atom is 0.252 e. The molecule has 21 heavy (non-hydrogen) atoms. The van der Waals surface area contributed by atoms with Crippen molar-refractivity contribution in [3.63, 3.8) is 0 Å². The fourth-order valence-corrected chi connectivity index (χ4v) is 2.14. The van der Waals surface area contributed by atoms with Crippen molar-refractivity contribution in [3.05, 3.63) is 35.9 Å². The number of fused-ring (bicyclic) bond motifs is 1. The standard InChI is InChI=1S/C17H23N3O/c1-4-12(3)11-19-17(21)14-10-16(18-5-2)20-15-9-7-6-8-13(14)15/h6-10,12H,4-5,11H2,1-3H3,(H,18,20)(H,19,21). The van der Waals surface area contributed by atoms with Crippen molar-refractivity contribution in [1.29, 1.82) is 0 Å². The van der Waals surface area contributed by atoms with Gasteiger partial charge in [-0.15, -0.1) is 0 Å². The van der Waals surface area contributed by atoms with Gasteiger partial charge in [0.25, 0.3) is 5.91 Å². The van der Waals surface area contributed by atoms with Crippen molar-refractivity contribution in [1.82, 2.24) is 10.3 Å². The number of para-hydroxylation sites is 1. The average molecular weight is 285 g/mol. The van der Waals surface area contributed by atoms with Crippen LogP contribution in [0.25, 0.3) is 10.9 Å². The first kappa shape index (κ1) is 15.3. The molecular formula is C17H23N3O. The van der Waals surface area contributed by atoms with Gasteiger partial charge in [0.2, 0.25) is 0 Å². The minimum Gasteiger partial charge on any atom is -0.370 e. The number of hydrogen-bond acceptors (Lipinski definition) is 3. The minimum atomic E-state index is -0.0342. The minimum absolute atomic E-state index is 0.0342. The van der Waals surface area contributed by atoms with Crippen LogP contribution in [0.5, 0.6) is 0 Å². The number of benzene rings is 1. The van der Waals surface area contributed by atoms with E-state index in [0.717, 1.165) is 29.7 Å². The molecule has 0 aliphatic rings. The Morgan fingerprint density at radius 3 is 2.76 bits per heavy atom. The third kappa shape index (κ3) is 3.72. The van der Waals surface area contributed by atoms with Gasteiger partial charge in [0.05, 0.1) is 11.1 Å². The quantitative estimate of drug-likeness (QED) is 0.854. The fourth-order valence-electron chi connectivity index (χ4n) is 2.14. The van der Waals surface area contributed by atoms with Crippen LogP contribution < -0.4 is 10.6 Å². The molecule has 1 unspecified atom stereocenters. The Morgan fingerprint density at radius 2 is 2.05 bits per heavy atom. The molecule has 2 rings (SSSR count). The molecule has 0 aliphatic heterocycles. The van der Waals surface area contributed by atoms with Gasteiger partial charge >= 0.3 is 0 Å². The molecule has 0 saturated carbocycles. The van der Waals surface area contributed by atoms with Gasteiger partial charge in [0.1, 0.15) is 5.82 Å². The summed E-state index contributed by atoms with van der Waals surface area (Å²) in [6.45, 7) is 7.75. The summed E-state index contributed by atoms with van der Waals surface area (Å²) in [5.74, 6) is 1.19. The summed E-state index contributed by atoms with van der Waals surface area (Å²) in [5, 5.41) is 7.09. The lowest BCUT2D eigenvalue weighted by Gasteiger charge is -2.13. The number of aromatic nitrogens is 1. The van der Waals surface area contributed by atoms with Gasteiger partial charge in [0.15, 0.2) is 0 Å². The van der Waals surface area contributed by atoms with E-state index in [9.17, 15) is 4.79 Å². The molecule has 0 spiro atoms. The second kappa shape index (κ2) is 7.07. The number of amides is 1. The van der Waals surface area contributed by atoms with Crippen LogP contribution in [0.3, 0.4) is 0 Å². The molecular weight excluding hydrogens is 262 g/mol. The lowest BCUT2D eigenvalue weighted by atomic mass is 10.1. The van der Waals surface area contributed by atoms with Gasteiger partial charge in [-0.2, -0.15) is 0 Å². The SMILES string of the molecule is CCNc1cc(C(=O)NCC(C)CC)c2ccccc2n1. The number of pyridine rings is 1. The lowest BCUT2D eigenvalue weighted by Crippen LogP contribution is -2.28. The molecule has 0 bridgehead atoms. The van der Waals surface area contributed by atoms with Crippen LogP contribution in [-0.4, -0.2) is 24.0 Å². The summed E-state index contributed by atoms with van der Waals surface area (Å²) >= 11 is 0. The summed E-state index contributed by atoms with van der Waals surface area (Å²) in [6, 6.07) is 9.57. The van der Waals surface area contributed by atoms with Crippen LogP contribution >= 0.6 is 0 Å². The molecule has 0 fully saturated rings. The van der Waals surface area contributed by atoms with Crippen molar-refractivity contribution in [3.8, 4) is 0 Å². The summed E-state index contributed by atoms with van der Waals surface area (Å²) in [4.78, 5) is 17.0. The van der Waals surface area contributed by atoms with E-state index in [2.05, 4.69) is 29.5 Å².